The molecule has 0 amide bonds. The van der Waals surface area contributed by atoms with Gasteiger partial charge in [0.2, 0.25) is 0 Å². The van der Waals surface area contributed by atoms with Crippen LogP contribution in [0, 0.1) is 0 Å². The molecule has 2 aromatic heterocycles. The Morgan fingerprint density at radius 2 is 2.00 bits per heavy atom. The van der Waals surface area contributed by atoms with Crippen molar-refractivity contribution in [2.45, 2.75) is 0 Å². The van der Waals surface area contributed by atoms with Crippen LogP contribution in [0.5, 0.6) is 0 Å². The van der Waals surface area contributed by atoms with Crippen LogP contribution in [0.3, 0.4) is 0 Å². The summed E-state index contributed by atoms with van der Waals surface area (Å²) in [6, 6.07) is 11.9. The van der Waals surface area contributed by atoms with E-state index in [0.29, 0.717) is 0 Å². The van der Waals surface area contributed by atoms with Crippen LogP contribution >= 0.6 is 0 Å². The molecule has 0 fully saturated rings. The lowest BCUT2D eigenvalue weighted by atomic mass is 10.1. The highest BCUT2D eigenvalue weighted by Crippen LogP contribution is 2.26. The number of hydrogen-bond acceptors (Lipinski definition) is 2. The summed E-state index contributed by atoms with van der Waals surface area (Å²) in [6.45, 7) is 0. The van der Waals surface area contributed by atoms with Gasteiger partial charge in [0.25, 0.3) is 0 Å². The van der Waals surface area contributed by atoms with Crippen LogP contribution in [0.15, 0.2) is 48.8 Å². The first kappa shape index (κ1) is 9.90. The van der Waals surface area contributed by atoms with E-state index < -0.39 is 0 Å². The van der Waals surface area contributed by atoms with Crippen molar-refractivity contribution < 1.29 is 0 Å². The number of pyridine rings is 1. The largest absolute Gasteiger partial charge is 0.398 e. The maximum absolute atomic E-state index is 6.05. The smallest absolute Gasteiger partial charge is 0.0745 e. The Kier molecular flexibility index (Phi) is 2.11. The highest BCUT2D eigenvalue weighted by atomic mass is 14.9. The Morgan fingerprint density at radius 3 is 2.76 bits per heavy atom. The summed E-state index contributed by atoms with van der Waals surface area (Å²) in [5, 5.41) is 1.01. The van der Waals surface area contributed by atoms with Crippen molar-refractivity contribution in [2.24, 2.45) is 7.05 Å². The van der Waals surface area contributed by atoms with E-state index in [-0.39, 0.29) is 0 Å². The van der Waals surface area contributed by atoms with Gasteiger partial charge in [-0.05, 0) is 18.2 Å². The fraction of sp³-hybridized carbons (Fsp3) is 0.0714. The summed E-state index contributed by atoms with van der Waals surface area (Å²) < 4.78 is 2.00. The van der Waals surface area contributed by atoms with Crippen LogP contribution in [0.2, 0.25) is 0 Å². The standard InChI is InChI=1S/C14H13N3/c1-17-7-6-10(9-17)14-8-12(15)11-4-2-3-5-13(11)16-14/h2-9H,1H3,(H2,15,16). The number of nitrogens with two attached hydrogens (primary N) is 1. The molecule has 0 spiro atoms. The zero-order valence-corrected chi connectivity index (χ0v) is 9.59. The molecule has 3 aromatic rings. The third kappa shape index (κ3) is 1.65. The second-order valence-electron chi connectivity index (χ2n) is 4.18. The average molecular weight is 223 g/mol. The van der Waals surface area contributed by atoms with Crippen LogP contribution in [-0.4, -0.2) is 9.55 Å². The molecule has 2 heterocycles. The quantitative estimate of drug-likeness (QED) is 0.689. The number of rotatable bonds is 1. The topological polar surface area (TPSA) is 43.8 Å². The van der Waals surface area contributed by atoms with E-state index in [1.807, 2.05) is 60.4 Å². The van der Waals surface area contributed by atoms with E-state index in [4.69, 9.17) is 5.73 Å². The minimum Gasteiger partial charge on any atom is -0.398 e. The Hall–Kier alpha value is -2.29. The molecule has 84 valence electrons. The van der Waals surface area contributed by atoms with Gasteiger partial charge in [-0.2, -0.15) is 0 Å². The molecular formula is C14H13N3. The van der Waals surface area contributed by atoms with Crippen molar-refractivity contribution in [3.8, 4) is 11.3 Å². The molecule has 0 atom stereocenters. The minimum absolute atomic E-state index is 0.773. The fourth-order valence-corrected chi connectivity index (χ4v) is 2.01. The predicted molar refractivity (Wildman–Crippen MR) is 70.6 cm³/mol. The van der Waals surface area contributed by atoms with Gasteiger partial charge >= 0.3 is 0 Å². The SMILES string of the molecule is Cn1ccc(-c2cc(N)c3ccccc3n2)c1. The fourth-order valence-electron chi connectivity index (χ4n) is 2.01. The molecule has 3 rings (SSSR count). The van der Waals surface area contributed by atoms with Crippen LogP contribution < -0.4 is 5.73 Å². The highest BCUT2D eigenvalue weighted by molar-refractivity contribution is 5.92. The van der Waals surface area contributed by atoms with Gasteiger partial charge in [0.15, 0.2) is 0 Å². The molecule has 0 unspecified atom stereocenters. The molecule has 0 radical (unpaired) electrons. The van der Waals surface area contributed by atoms with E-state index in [0.717, 1.165) is 27.8 Å². The van der Waals surface area contributed by atoms with Gasteiger partial charge in [0.05, 0.1) is 11.2 Å². The second kappa shape index (κ2) is 3.63. The number of hydrogen-bond donors (Lipinski definition) is 1. The summed E-state index contributed by atoms with van der Waals surface area (Å²) in [5.74, 6) is 0. The Morgan fingerprint density at radius 1 is 1.18 bits per heavy atom. The van der Waals surface area contributed by atoms with Gasteiger partial charge in [-0.15, -0.1) is 0 Å². The summed E-state index contributed by atoms with van der Waals surface area (Å²) in [4.78, 5) is 4.63. The number of para-hydroxylation sites is 1. The molecule has 0 bridgehead atoms. The van der Waals surface area contributed by atoms with Gasteiger partial charge in [0.1, 0.15) is 0 Å². The maximum Gasteiger partial charge on any atom is 0.0745 e. The zero-order valence-electron chi connectivity index (χ0n) is 9.59. The summed E-state index contributed by atoms with van der Waals surface area (Å²) in [6.07, 6.45) is 4.04. The first-order valence-corrected chi connectivity index (χ1v) is 5.51. The van der Waals surface area contributed by atoms with E-state index >= 15 is 0 Å². The highest BCUT2D eigenvalue weighted by Gasteiger charge is 2.05. The Bertz CT molecular complexity index is 683. The minimum atomic E-state index is 0.773. The van der Waals surface area contributed by atoms with Crippen molar-refractivity contribution in [2.75, 3.05) is 5.73 Å². The third-order valence-electron chi connectivity index (χ3n) is 2.88. The predicted octanol–water partition coefficient (Wildman–Crippen LogP) is 2.82. The van der Waals surface area contributed by atoms with Crippen LogP contribution in [0.4, 0.5) is 5.69 Å². The summed E-state index contributed by atoms with van der Waals surface area (Å²) in [5.41, 5.74) is 9.77. The van der Waals surface area contributed by atoms with E-state index in [2.05, 4.69) is 4.98 Å². The molecule has 0 aliphatic rings. The number of aryl methyl sites for hydroxylation is 1. The molecule has 3 heteroatoms. The van der Waals surface area contributed by atoms with Gasteiger partial charge in [-0.1, -0.05) is 18.2 Å². The van der Waals surface area contributed by atoms with Gasteiger partial charge in [-0.3, -0.25) is 0 Å². The molecule has 17 heavy (non-hydrogen) atoms. The number of anilines is 1. The van der Waals surface area contributed by atoms with Crippen LogP contribution in [0.1, 0.15) is 0 Å². The molecule has 0 saturated carbocycles. The third-order valence-corrected chi connectivity index (χ3v) is 2.88. The first-order chi connectivity index (χ1) is 8.24. The average Bonchev–Trinajstić information content (AvgIpc) is 2.76. The van der Waals surface area contributed by atoms with Crippen molar-refractivity contribution in [1.82, 2.24) is 9.55 Å². The van der Waals surface area contributed by atoms with Gasteiger partial charge in [0, 0.05) is 36.1 Å². The molecule has 3 nitrogen and oxygen atoms in total. The van der Waals surface area contributed by atoms with Crippen molar-refractivity contribution in [1.29, 1.82) is 0 Å². The zero-order chi connectivity index (χ0) is 11.8. The number of benzene rings is 1. The lowest BCUT2D eigenvalue weighted by molar-refractivity contribution is 0.928. The Labute approximate surface area is 99.5 Å². The normalized spacial score (nSPS) is 10.9. The molecular weight excluding hydrogens is 210 g/mol. The van der Waals surface area contributed by atoms with Crippen molar-refractivity contribution >= 4 is 16.6 Å². The second-order valence-corrected chi connectivity index (χ2v) is 4.18. The number of fused-ring (bicyclic) bond motifs is 1. The summed E-state index contributed by atoms with van der Waals surface area (Å²) in [7, 11) is 1.99. The number of nitrogen functional groups attached to an aromatic ring is 1. The molecule has 0 aliphatic heterocycles. The van der Waals surface area contributed by atoms with Crippen LogP contribution in [-0.2, 0) is 7.05 Å². The van der Waals surface area contributed by atoms with Gasteiger partial charge in [-0.25, -0.2) is 4.98 Å². The van der Waals surface area contributed by atoms with Crippen molar-refractivity contribution in [3.05, 3.63) is 48.8 Å². The number of nitrogens with zero attached hydrogens (tertiary/aromatic N) is 2. The van der Waals surface area contributed by atoms with E-state index in [1.54, 1.807) is 0 Å². The van der Waals surface area contributed by atoms with Gasteiger partial charge < -0.3 is 10.3 Å². The maximum atomic E-state index is 6.05. The monoisotopic (exact) mass is 223 g/mol. The molecule has 0 aliphatic carbocycles. The lowest BCUT2D eigenvalue weighted by Crippen LogP contribution is -1.92. The molecule has 2 N–H and O–H groups in total. The number of aromatic nitrogens is 2. The van der Waals surface area contributed by atoms with E-state index in [9.17, 15) is 0 Å². The lowest BCUT2D eigenvalue weighted by Gasteiger charge is -2.04. The first-order valence-electron chi connectivity index (χ1n) is 5.51. The molecule has 0 saturated heterocycles. The van der Waals surface area contributed by atoms with Crippen LogP contribution in [0.25, 0.3) is 22.2 Å². The van der Waals surface area contributed by atoms with Crippen molar-refractivity contribution in [3.63, 3.8) is 0 Å². The Balaban J connectivity index is 2.25. The van der Waals surface area contributed by atoms with E-state index in [1.165, 1.54) is 0 Å². The molecule has 1 aromatic carbocycles. The summed E-state index contributed by atoms with van der Waals surface area (Å²) >= 11 is 0.